The predicted molar refractivity (Wildman–Crippen MR) is 162 cm³/mol. The van der Waals surface area contributed by atoms with Gasteiger partial charge in [0.15, 0.2) is 11.5 Å². The standard InChI is InChI=1S/C34H31N5O3/c40-29(17-25-5-10-32-33(18-25)42-23-41-32)16-24-3-6-27(7-4-24)28-8-9-30-31(19-28)37-34(21-36-30)39-14-12-38(13-15-39)22-26-2-1-11-35-20-26/h1-11,18-21H,12-17,22-23H2. The molecule has 1 fully saturated rings. The maximum absolute atomic E-state index is 12.7. The molecule has 5 aromatic rings. The molecule has 0 bridgehead atoms. The number of hydrogen-bond acceptors (Lipinski definition) is 8. The molecular weight excluding hydrogens is 526 g/mol. The van der Waals surface area contributed by atoms with Gasteiger partial charge in [0.05, 0.1) is 17.2 Å². The van der Waals surface area contributed by atoms with E-state index in [4.69, 9.17) is 19.4 Å². The summed E-state index contributed by atoms with van der Waals surface area (Å²) in [4.78, 5) is 31.4. The van der Waals surface area contributed by atoms with Gasteiger partial charge in [-0.2, -0.15) is 0 Å². The van der Waals surface area contributed by atoms with E-state index < -0.39 is 0 Å². The summed E-state index contributed by atoms with van der Waals surface area (Å²) in [7, 11) is 0. The number of Topliss-reactive ketones (excluding diaryl/α,β-unsaturated/α-hetero) is 1. The molecular formula is C34H31N5O3. The Bertz CT molecular complexity index is 1720. The zero-order chi connectivity index (χ0) is 28.3. The number of hydrogen-bond donors (Lipinski definition) is 0. The molecule has 210 valence electrons. The van der Waals surface area contributed by atoms with E-state index in [9.17, 15) is 4.79 Å². The monoisotopic (exact) mass is 557 g/mol. The Balaban J connectivity index is 0.990. The van der Waals surface area contributed by atoms with E-state index in [0.717, 1.165) is 77.6 Å². The first-order valence-corrected chi connectivity index (χ1v) is 14.3. The molecule has 8 nitrogen and oxygen atoms in total. The van der Waals surface area contributed by atoms with Crippen molar-refractivity contribution in [1.29, 1.82) is 0 Å². The van der Waals surface area contributed by atoms with Crippen molar-refractivity contribution >= 4 is 22.6 Å². The van der Waals surface area contributed by atoms with Crippen LogP contribution in [0.2, 0.25) is 0 Å². The van der Waals surface area contributed by atoms with E-state index in [0.29, 0.717) is 18.6 Å². The van der Waals surface area contributed by atoms with Crippen molar-refractivity contribution in [3.63, 3.8) is 0 Å². The minimum absolute atomic E-state index is 0.160. The Kier molecular flexibility index (Phi) is 7.20. The van der Waals surface area contributed by atoms with E-state index in [2.05, 4.69) is 45.1 Å². The summed E-state index contributed by atoms with van der Waals surface area (Å²) in [5.74, 6) is 2.51. The van der Waals surface area contributed by atoms with Crippen molar-refractivity contribution < 1.29 is 14.3 Å². The maximum Gasteiger partial charge on any atom is 0.231 e. The third kappa shape index (κ3) is 5.80. The van der Waals surface area contributed by atoms with Crippen LogP contribution in [-0.4, -0.2) is 58.6 Å². The van der Waals surface area contributed by atoms with Crippen molar-refractivity contribution in [2.45, 2.75) is 19.4 Å². The molecule has 0 N–H and O–H groups in total. The Morgan fingerprint density at radius 1 is 0.738 bits per heavy atom. The third-order valence-electron chi connectivity index (χ3n) is 7.88. The van der Waals surface area contributed by atoms with Gasteiger partial charge in [-0.25, -0.2) is 4.98 Å². The fraction of sp³-hybridized carbons (Fsp3) is 0.235. The molecule has 42 heavy (non-hydrogen) atoms. The highest BCUT2D eigenvalue weighted by molar-refractivity contribution is 5.84. The summed E-state index contributed by atoms with van der Waals surface area (Å²) >= 11 is 0. The quantitative estimate of drug-likeness (QED) is 0.261. The van der Waals surface area contributed by atoms with E-state index >= 15 is 0 Å². The average Bonchev–Trinajstić information content (AvgIpc) is 3.50. The molecule has 3 aromatic carbocycles. The van der Waals surface area contributed by atoms with Crippen LogP contribution >= 0.6 is 0 Å². The minimum Gasteiger partial charge on any atom is -0.454 e. The van der Waals surface area contributed by atoms with Crippen LogP contribution in [0.15, 0.2) is 91.4 Å². The van der Waals surface area contributed by atoms with Crippen molar-refractivity contribution in [3.05, 3.63) is 108 Å². The molecule has 1 saturated heterocycles. The molecule has 0 radical (unpaired) electrons. The van der Waals surface area contributed by atoms with Crippen LogP contribution in [0.1, 0.15) is 16.7 Å². The van der Waals surface area contributed by atoms with Crippen LogP contribution in [-0.2, 0) is 24.2 Å². The van der Waals surface area contributed by atoms with Crippen molar-refractivity contribution in [1.82, 2.24) is 19.9 Å². The lowest BCUT2D eigenvalue weighted by molar-refractivity contribution is -0.117. The number of aromatic nitrogens is 3. The van der Waals surface area contributed by atoms with Crippen molar-refractivity contribution in [3.8, 4) is 22.6 Å². The third-order valence-corrected chi connectivity index (χ3v) is 7.88. The summed E-state index contributed by atoms with van der Waals surface area (Å²) < 4.78 is 10.8. The predicted octanol–water partition coefficient (Wildman–Crippen LogP) is 5.10. The number of carbonyl (C=O) groups excluding carboxylic acids is 1. The second-order valence-corrected chi connectivity index (χ2v) is 10.8. The normalized spacial score (nSPS) is 14.8. The fourth-order valence-electron chi connectivity index (χ4n) is 5.60. The van der Waals surface area contributed by atoms with Gasteiger partial charge in [0.1, 0.15) is 11.6 Å². The van der Waals surface area contributed by atoms with Crippen LogP contribution in [0.25, 0.3) is 22.2 Å². The average molecular weight is 558 g/mol. The second-order valence-electron chi connectivity index (χ2n) is 10.8. The second kappa shape index (κ2) is 11.6. The van der Waals surface area contributed by atoms with Gasteiger partial charge in [-0.05, 0) is 58.1 Å². The van der Waals surface area contributed by atoms with Crippen LogP contribution in [0.5, 0.6) is 11.5 Å². The molecule has 0 aliphatic carbocycles. The minimum atomic E-state index is 0.160. The van der Waals surface area contributed by atoms with Gasteiger partial charge in [-0.3, -0.25) is 19.7 Å². The van der Waals surface area contributed by atoms with E-state index in [1.807, 2.05) is 61.1 Å². The molecule has 7 rings (SSSR count). The largest absolute Gasteiger partial charge is 0.454 e. The number of ketones is 1. The van der Waals surface area contributed by atoms with Crippen molar-refractivity contribution in [2.75, 3.05) is 37.9 Å². The molecule has 0 atom stereocenters. The van der Waals surface area contributed by atoms with Gasteiger partial charge in [0, 0.05) is 58.0 Å². The SMILES string of the molecule is O=C(Cc1ccc(-c2ccc3ncc(N4CCN(Cc5cccnc5)CC4)nc3c2)cc1)Cc1ccc2c(c1)OCO2. The Morgan fingerprint density at radius 2 is 1.52 bits per heavy atom. The van der Waals surface area contributed by atoms with Gasteiger partial charge >= 0.3 is 0 Å². The highest BCUT2D eigenvalue weighted by Gasteiger charge is 2.19. The van der Waals surface area contributed by atoms with Gasteiger partial charge in [0.25, 0.3) is 0 Å². The van der Waals surface area contributed by atoms with E-state index in [1.54, 1.807) is 0 Å². The van der Waals surface area contributed by atoms with Crippen molar-refractivity contribution in [2.24, 2.45) is 0 Å². The first kappa shape index (κ1) is 26.1. The highest BCUT2D eigenvalue weighted by atomic mass is 16.7. The lowest BCUT2D eigenvalue weighted by atomic mass is 9.99. The van der Waals surface area contributed by atoms with Gasteiger partial charge in [0.2, 0.25) is 6.79 Å². The molecule has 0 saturated carbocycles. The summed E-state index contributed by atoms with van der Waals surface area (Å²) in [5.41, 5.74) is 7.09. The fourth-order valence-corrected chi connectivity index (χ4v) is 5.60. The summed E-state index contributed by atoms with van der Waals surface area (Å²) in [6.07, 6.45) is 6.39. The van der Waals surface area contributed by atoms with Gasteiger partial charge in [-0.1, -0.05) is 42.5 Å². The number of pyridine rings is 1. The Labute approximate surface area is 244 Å². The zero-order valence-electron chi connectivity index (χ0n) is 23.3. The number of piperazine rings is 1. The lowest BCUT2D eigenvalue weighted by Crippen LogP contribution is -2.46. The topological polar surface area (TPSA) is 80.7 Å². The molecule has 2 aliphatic heterocycles. The number of ether oxygens (including phenoxy) is 2. The van der Waals surface area contributed by atoms with Crippen LogP contribution in [0, 0.1) is 0 Å². The molecule has 2 aliphatic rings. The molecule has 0 amide bonds. The number of anilines is 1. The molecule has 8 heteroatoms. The Morgan fingerprint density at radius 3 is 2.36 bits per heavy atom. The summed E-state index contributed by atoms with van der Waals surface area (Å²) in [5, 5.41) is 0. The number of carbonyl (C=O) groups is 1. The summed E-state index contributed by atoms with van der Waals surface area (Å²) in [6.45, 7) is 4.92. The highest BCUT2D eigenvalue weighted by Crippen LogP contribution is 2.33. The molecule has 4 heterocycles. The number of nitrogens with zero attached hydrogens (tertiary/aromatic N) is 5. The van der Waals surface area contributed by atoms with E-state index in [1.165, 1.54) is 5.56 Å². The molecule has 0 unspecified atom stereocenters. The first-order chi connectivity index (χ1) is 20.7. The maximum atomic E-state index is 12.7. The van der Waals surface area contributed by atoms with Crippen LogP contribution < -0.4 is 14.4 Å². The Hall–Kier alpha value is -4.82. The molecule has 2 aromatic heterocycles. The molecule has 0 spiro atoms. The zero-order valence-corrected chi connectivity index (χ0v) is 23.3. The smallest absolute Gasteiger partial charge is 0.231 e. The number of fused-ring (bicyclic) bond motifs is 2. The number of benzene rings is 3. The van der Waals surface area contributed by atoms with Gasteiger partial charge < -0.3 is 14.4 Å². The van der Waals surface area contributed by atoms with Gasteiger partial charge in [-0.15, -0.1) is 0 Å². The first-order valence-electron chi connectivity index (χ1n) is 14.3. The van der Waals surface area contributed by atoms with Crippen LogP contribution in [0.4, 0.5) is 5.82 Å². The van der Waals surface area contributed by atoms with Crippen LogP contribution in [0.3, 0.4) is 0 Å². The lowest BCUT2D eigenvalue weighted by Gasteiger charge is -2.35. The van der Waals surface area contributed by atoms with E-state index in [-0.39, 0.29) is 12.6 Å². The summed E-state index contributed by atoms with van der Waals surface area (Å²) in [6, 6.07) is 24.2. The number of rotatable bonds is 8.